The molecule has 2 rings (SSSR count). The summed E-state index contributed by atoms with van der Waals surface area (Å²) in [5.41, 5.74) is 1.46. The molecule has 9 nitrogen and oxygen atoms in total. The van der Waals surface area contributed by atoms with Crippen molar-refractivity contribution in [2.24, 2.45) is 5.92 Å². The Balaban J connectivity index is 2.03. The van der Waals surface area contributed by atoms with Gasteiger partial charge in [-0.15, -0.1) is 5.10 Å². The van der Waals surface area contributed by atoms with Gasteiger partial charge in [-0.25, -0.2) is 9.97 Å². The van der Waals surface area contributed by atoms with E-state index in [4.69, 9.17) is 9.47 Å². The third kappa shape index (κ3) is 5.07. The number of rotatable bonds is 8. The number of carbonyl (C=O) groups excluding carboxylic acids is 2. The second-order valence-electron chi connectivity index (χ2n) is 5.30. The lowest BCUT2D eigenvalue weighted by molar-refractivity contribution is -0.162. The van der Waals surface area contributed by atoms with Crippen LogP contribution in [0, 0.1) is 12.8 Å². The Bertz CT molecular complexity index is 696. The van der Waals surface area contributed by atoms with Gasteiger partial charge in [-0.2, -0.15) is 0 Å². The van der Waals surface area contributed by atoms with Gasteiger partial charge in [0.15, 0.2) is 11.7 Å². The molecule has 134 valence electrons. The van der Waals surface area contributed by atoms with E-state index in [1.807, 2.05) is 6.92 Å². The lowest BCUT2D eigenvalue weighted by Crippen LogP contribution is -2.29. The van der Waals surface area contributed by atoms with Crippen molar-refractivity contribution in [3.63, 3.8) is 0 Å². The quantitative estimate of drug-likeness (QED) is 0.517. The summed E-state index contributed by atoms with van der Waals surface area (Å²) in [6.45, 7) is 5.98. The second kappa shape index (κ2) is 8.86. The molecular weight excluding hydrogens is 326 g/mol. The number of hydrogen-bond donors (Lipinski definition) is 0. The molecule has 0 saturated heterocycles. The summed E-state index contributed by atoms with van der Waals surface area (Å²) in [5.74, 6) is -1.71. The molecule has 0 N–H and O–H groups in total. The van der Waals surface area contributed by atoms with E-state index in [1.54, 1.807) is 32.4 Å². The monoisotopic (exact) mass is 347 g/mol. The minimum Gasteiger partial charge on any atom is -0.465 e. The Kier molecular flexibility index (Phi) is 6.55. The number of hydrogen-bond acceptors (Lipinski definition) is 8. The average molecular weight is 347 g/mol. The van der Waals surface area contributed by atoms with Crippen molar-refractivity contribution in [3.05, 3.63) is 24.2 Å². The molecule has 0 aliphatic heterocycles. The molecule has 0 aliphatic rings. The van der Waals surface area contributed by atoms with Crippen LogP contribution in [0.4, 0.5) is 0 Å². The molecule has 2 heterocycles. The zero-order valence-electron chi connectivity index (χ0n) is 14.5. The molecule has 0 aromatic carbocycles. The van der Waals surface area contributed by atoms with Gasteiger partial charge < -0.3 is 9.47 Å². The third-order valence-electron chi connectivity index (χ3n) is 3.34. The number of aryl methyl sites for hydroxylation is 2. The molecule has 0 unspecified atom stereocenters. The van der Waals surface area contributed by atoms with E-state index in [2.05, 4.69) is 20.3 Å². The predicted molar refractivity (Wildman–Crippen MR) is 87.2 cm³/mol. The number of nitrogens with zero attached hydrogens (tertiary/aromatic N) is 5. The summed E-state index contributed by atoms with van der Waals surface area (Å²) in [5, 5.41) is 7.99. The van der Waals surface area contributed by atoms with Gasteiger partial charge in [0.05, 0.1) is 19.4 Å². The van der Waals surface area contributed by atoms with E-state index in [-0.39, 0.29) is 19.6 Å². The minimum atomic E-state index is -0.983. The van der Waals surface area contributed by atoms with Gasteiger partial charge in [0.25, 0.3) is 0 Å². The maximum absolute atomic E-state index is 12.0. The first-order valence-electron chi connectivity index (χ1n) is 8.07. The van der Waals surface area contributed by atoms with Crippen molar-refractivity contribution in [2.75, 3.05) is 13.2 Å². The molecule has 0 radical (unpaired) electrons. The Morgan fingerprint density at radius 1 is 1.12 bits per heavy atom. The van der Waals surface area contributed by atoms with Crippen LogP contribution in [-0.2, 0) is 25.6 Å². The molecule has 0 bridgehead atoms. The Hall–Kier alpha value is -2.84. The molecule has 0 aliphatic carbocycles. The van der Waals surface area contributed by atoms with Gasteiger partial charge in [0.1, 0.15) is 5.69 Å². The van der Waals surface area contributed by atoms with E-state index in [1.165, 1.54) is 4.68 Å². The van der Waals surface area contributed by atoms with Gasteiger partial charge in [-0.05, 0) is 32.8 Å². The van der Waals surface area contributed by atoms with E-state index in [0.717, 1.165) is 5.56 Å². The third-order valence-corrected chi connectivity index (χ3v) is 3.34. The van der Waals surface area contributed by atoms with Crippen LogP contribution >= 0.6 is 0 Å². The van der Waals surface area contributed by atoms with Crippen LogP contribution in [0.2, 0.25) is 0 Å². The van der Waals surface area contributed by atoms with Crippen LogP contribution < -0.4 is 0 Å². The second-order valence-corrected chi connectivity index (χ2v) is 5.30. The fraction of sp³-hybridized carbons (Fsp3) is 0.500. The predicted octanol–water partition coefficient (Wildman–Crippen LogP) is 1.18. The number of aromatic nitrogens is 5. The van der Waals surface area contributed by atoms with Crippen LogP contribution in [0.15, 0.2) is 18.6 Å². The Labute approximate surface area is 145 Å². The highest BCUT2D eigenvalue weighted by molar-refractivity contribution is 5.94. The average Bonchev–Trinajstić information content (AvgIpc) is 3.05. The molecule has 0 atom stereocenters. The van der Waals surface area contributed by atoms with Crippen molar-refractivity contribution in [1.82, 2.24) is 25.0 Å². The van der Waals surface area contributed by atoms with E-state index >= 15 is 0 Å². The zero-order chi connectivity index (χ0) is 18.2. The number of esters is 2. The van der Waals surface area contributed by atoms with Crippen LogP contribution in [-0.4, -0.2) is 50.1 Å². The fourth-order valence-corrected chi connectivity index (χ4v) is 2.11. The van der Waals surface area contributed by atoms with Crippen LogP contribution in [0.1, 0.15) is 25.8 Å². The summed E-state index contributed by atoms with van der Waals surface area (Å²) >= 11 is 0. The first-order valence-corrected chi connectivity index (χ1v) is 8.07. The zero-order valence-corrected chi connectivity index (χ0v) is 14.5. The molecular formula is C16H21N5O4. The normalized spacial score (nSPS) is 10.7. The summed E-state index contributed by atoms with van der Waals surface area (Å²) in [4.78, 5) is 32.3. The van der Waals surface area contributed by atoms with Gasteiger partial charge in [0, 0.05) is 18.9 Å². The lowest BCUT2D eigenvalue weighted by Gasteiger charge is -2.13. The summed E-state index contributed by atoms with van der Waals surface area (Å²) in [6.07, 6.45) is 5.26. The fourth-order valence-electron chi connectivity index (χ4n) is 2.11. The number of carbonyl (C=O) groups is 2. The first-order chi connectivity index (χ1) is 12.0. The van der Waals surface area contributed by atoms with E-state index in [9.17, 15) is 9.59 Å². The van der Waals surface area contributed by atoms with Crippen LogP contribution in [0.25, 0.3) is 11.5 Å². The topological polar surface area (TPSA) is 109 Å². The summed E-state index contributed by atoms with van der Waals surface area (Å²) in [6, 6.07) is 0. The molecule has 0 amide bonds. The van der Waals surface area contributed by atoms with E-state index < -0.39 is 17.9 Å². The molecule has 0 fully saturated rings. The lowest BCUT2D eigenvalue weighted by atomic mass is 10.1. The summed E-state index contributed by atoms with van der Waals surface area (Å²) < 4.78 is 11.4. The van der Waals surface area contributed by atoms with Crippen molar-refractivity contribution >= 4 is 11.9 Å². The van der Waals surface area contributed by atoms with Crippen LogP contribution in [0.5, 0.6) is 0 Å². The maximum atomic E-state index is 12.0. The Morgan fingerprint density at radius 3 is 2.28 bits per heavy atom. The highest BCUT2D eigenvalue weighted by atomic mass is 16.6. The standard InChI is InChI=1S/C16H21N5O4/c1-4-24-15(22)12(16(23)25-5-2)6-7-21-10-13(19-20-21)14-17-8-11(3)9-18-14/h8-10,12H,4-7H2,1-3H3. The van der Waals surface area contributed by atoms with Crippen molar-refractivity contribution in [3.8, 4) is 11.5 Å². The molecule has 9 heteroatoms. The largest absolute Gasteiger partial charge is 0.465 e. The minimum absolute atomic E-state index is 0.201. The molecule has 25 heavy (non-hydrogen) atoms. The molecule has 0 saturated carbocycles. The van der Waals surface area contributed by atoms with Gasteiger partial charge >= 0.3 is 11.9 Å². The van der Waals surface area contributed by atoms with Crippen molar-refractivity contribution < 1.29 is 19.1 Å². The number of ether oxygens (including phenoxy) is 2. The first kappa shape index (κ1) is 18.5. The van der Waals surface area contributed by atoms with Crippen molar-refractivity contribution in [1.29, 1.82) is 0 Å². The highest BCUT2D eigenvalue weighted by Gasteiger charge is 2.29. The smallest absolute Gasteiger partial charge is 0.320 e. The Morgan fingerprint density at radius 2 is 1.72 bits per heavy atom. The van der Waals surface area contributed by atoms with E-state index in [0.29, 0.717) is 18.1 Å². The van der Waals surface area contributed by atoms with Gasteiger partial charge in [0.2, 0.25) is 0 Å². The highest BCUT2D eigenvalue weighted by Crippen LogP contribution is 2.13. The van der Waals surface area contributed by atoms with Crippen molar-refractivity contribution in [2.45, 2.75) is 33.7 Å². The molecule has 0 spiro atoms. The van der Waals surface area contributed by atoms with Gasteiger partial charge in [-0.1, -0.05) is 5.21 Å². The molecule has 2 aromatic rings. The van der Waals surface area contributed by atoms with Crippen LogP contribution in [0.3, 0.4) is 0 Å². The maximum Gasteiger partial charge on any atom is 0.320 e. The van der Waals surface area contributed by atoms with Gasteiger partial charge in [-0.3, -0.25) is 14.3 Å². The SMILES string of the molecule is CCOC(=O)C(CCn1cc(-c2ncc(C)cn2)nn1)C(=O)OCC. The summed E-state index contributed by atoms with van der Waals surface area (Å²) in [7, 11) is 0. The molecule has 2 aromatic heterocycles.